The van der Waals surface area contributed by atoms with Gasteiger partial charge in [-0.1, -0.05) is 0 Å². The first kappa shape index (κ1) is 7.32. The van der Waals surface area contributed by atoms with Gasteiger partial charge in [-0.15, -0.1) is 0 Å². The largest absolute Gasteiger partial charge is 0.388 e. The molecule has 10 heavy (non-hydrogen) atoms. The Balaban J connectivity index is 2.84. The molecule has 0 unspecified atom stereocenters. The van der Waals surface area contributed by atoms with Gasteiger partial charge in [0.05, 0.1) is 0 Å². The first-order valence-corrected chi connectivity index (χ1v) is 3.51. The molecule has 1 heterocycles. The molecule has 0 spiro atoms. The summed E-state index contributed by atoms with van der Waals surface area (Å²) < 4.78 is 0. The summed E-state index contributed by atoms with van der Waals surface area (Å²) in [5, 5.41) is 3.13. The molecule has 0 aromatic carbocycles. The number of nitrogens with one attached hydrogen (secondary N) is 1. The van der Waals surface area contributed by atoms with Gasteiger partial charge in [0.15, 0.2) is 5.78 Å². The van der Waals surface area contributed by atoms with Crippen LogP contribution in [-0.2, 0) is 4.79 Å². The van der Waals surface area contributed by atoms with E-state index in [0.717, 1.165) is 17.8 Å². The molecule has 1 aliphatic heterocycles. The molecule has 2 heteroatoms. The Morgan fingerprint density at radius 3 is 2.80 bits per heavy atom. The smallest absolute Gasteiger partial charge is 0.162 e. The topological polar surface area (TPSA) is 29.1 Å². The molecule has 0 aromatic heterocycles. The summed E-state index contributed by atoms with van der Waals surface area (Å²) in [5.41, 5.74) is 1.87. The SMILES string of the molecule is [CH2]CC1=C(C)NCCC1=O. The lowest BCUT2D eigenvalue weighted by atomic mass is 10.0. The van der Waals surface area contributed by atoms with E-state index in [-0.39, 0.29) is 5.78 Å². The fraction of sp³-hybridized carbons (Fsp3) is 0.500. The van der Waals surface area contributed by atoms with Crippen LogP contribution in [0.5, 0.6) is 0 Å². The minimum Gasteiger partial charge on any atom is -0.388 e. The molecular formula is C8H12NO. The van der Waals surface area contributed by atoms with Crippen molar-refractivity contribution in [3.05, 3.63) is 18.2 Å². The molecule has 1 aliphatic rings. The van der Waals surface area contributed by atoms with Crippen LogP contribution in [0.3, 0.4) is 0 Å². The van der Waals surface area contributed by atoms with E-state index in [4.69, 9.17) is 0 Å². The van der Waals surface area contributed by atoms with Crippen molar-refractivity contribution >= 4 is 5.78 Å². The van der Waals surface area contributed by atoms with Crippen molar-refractivity contribution in [1.82, 2.24) is 5.32 Å². The molecule has 0 amide bonds. The van der Waals surface area contributed by atoms with Gasteiger partial charge in [0.2, 0.25) is 0 Å². The molecule has 0 atom stereocenters. The minimum absolute atomic E-state index is 0.256. The van der Waals surface area contributed by atoms with Gasteiger partial charge in [0, 0.05) is 24.2 Å². The van der Waals surface area contributed by atoms with Crippen molar-refractivity contribution in [3.8, 4) is 0 Å². The van der Waals surface area contributed by atoms with Gasteiger partial charge in [-0.3, -0.25) is 4.79 Å². The Labute approximate surface area is 61.3 Å². The first-order valence-electron chi connectivity index (χ1n) is 3.51. The lowest BCUT2D eigenvalue weighted by molar-refractivity contribution is -0.116. The Morgan fingerprint density at radius 1 is 1.70 bits per heavy atom. The van der Waals surface area contributed by atoms with E-state index in [0.29, 0.717) is 12.8 Å². The lowest BCUT2D eigenvalue weighted by Gasteiger charge is -2.16. The summed E-state index contributed by atoms with van der Waals surface area (Å²) in [7, 11) is 0. The third-order valence-electron chi connectivity index (χ3n) is 1.78. The van der Waals surface area contributed by atoms with E-state index in [1.807, 2.05) is 6.92 Å². The van der Waals surface area contributed by atoms with Gasteiger partial charge in [-0.25, -0.2) is 0 Å². The monoisotopic (exact) mass is 138 g/mol. The van der Waals surface area contributed by atoms with E-state index in [2.05, 4.69) is 12.2 Å². The van der Waals surface area contributed by atoms with Gasteiger partial charge < -0.3 is 5.32 Å². The van der Waals surface area contributed by atoms with Crippen molar-refractivity contribution in [2.45, 2.75) is 19.8 Å². The summed E-state index contributed by atoms with van der Waals surface area (Å²) in [6, 6.07) is 0. The van der Waals surface area contributed by atoms with Gasteiger partial charge in [-0.05, 0) is 20.3 Å². The van der Waals surface area contributed by atoms with Crippen LogP contribution in [0.1, 0.15) is 19.8 Å². The number of allylic oxidation sites excluding steroid dienone is 2. The summed E-state index contributed by atoms with van der Waals surface area (Å²) in [4.78, 5) is 11.1. The van der Waals surface area contributed by atoms with E-state index >= 15 is 0 Å². The second-order valence-electron chi connectivity index (χ2n) is 2.45. The average Bonchev–Trinajstić information content (AvgIpc) is 1.88. The van der Waals surface area contributed by atoms with Crippen molar-refractivity contribution in [2.75, 3.05) is 6.54 Å². The van der Waals surface area contributed by atoms with Crippen molar-refractivity contribution < 1.29 is 4.79 Å². The van der Waals surface area contributed by atoms with Crippen LogP contribution < -0.4 is 5.32 Å². The molecule has 0 aliphatic carbocycles. The average molecular weight is 138 g/mol. The molecule has 1 rings (SSSR count). The molecule has 1 N–H and O–H groups in total. The molecule has 1 radical (unpaired) electrons. The summed E-state index contributed by atoms with van der Waals surface area (Å²) in [6.45, 7) is 6.41. The third-order valence-corrected chi connectivity index (χ3v) is 1.78. The normalized spacial score (nSPS) is 19.2. The van der Waals surface area contributed by atoms with Gasteiger partial charge in [0.1, 0.15) is 0 Å². The van der Waals surface area contributed by atoms with Crippen LogP contribution in [0, 0.1) is 6.92 Å². The number of rotatable bonds is 1. The third kappa shape index (κ3) is 1.20. The lowest BCUT2D eigenvalue weighted by Crippen LogP contribution is -2.26. The predicted molar refractivity (Wildman–Crippen MR) is 40.3 cm³/mol. The number of Topliss-reactive ketones (excluding diaryl/α,β-unsaturated/α-hetero) is 1. The van der Waals surface area contributed by atoms with E-state index in [1.54, 1.807) is 0 Å². The van der Waals surface area contributed by atoms with Gasteiger partial charge in [0.25, 0.3) is 0 Å². The Hall–Kier alpha value is -0.790. The fourth-order valence-corrected chi connectivity index (χ4v) is 1.16. The maximum atomic E-state index is 11.1. The maximum Gasteiger partial charge on any atom is 0.162 e. The van der Waals surface area contributed by atoms with Gasteiger partial charge >= 0.3 is 0 Å². The van der Waals surface area contributed by atoms with Crippen LogP contribution in [-0.4, -0.2) is 12.3 Å². The van der Waals surface area contributed by atoms with Crippen LogP contribution in [0.15, 0.2) is 11.3 Å². The molecule has 0 fully saturated rings. The van der Waals surface area contributed by atoms with Crippen LogP contribution >= 0.6 is 0 Å². The highest BCUT2D eigenvalue weighted by Crippen LogP contribution is 2.12. The predicted octanol–water partition coefficient (Wildman–Crippen LogP) is 1.05. The summed E-state index contributed by atoms with van der Waals surface area (Å²) in [5.74, 6) is 0.256. The number of carbonyl (C=O) groups is 1. The van der Waals surface area contributed by atoms with Crippen molar-refractivity contribution in [1.29, 1.82) is 0 Å². The minimum atomic E-state index is 0.256. The molecule has 0 aromatic rings. The quantitative estimate of drug-likeness (QED) is 0.586. The first-order chi connectivity index (χ1) is 4.75. The number of hydrogen-bond acceptors (Lipinski definition) is 2. The highest BCUT2D eigenvalue weighted by Gasteiger charge is 2.14. The standard InChI is InChI=1S/C8H12NO/c1-3-7-6(2)9-5-4-8(7)10/h9H,1,3-5H2,2H3. The fourth-order valence-electron chi connectivity index (χ4n) is 1.16. The Morgan fingerprint density at radius 2 is 2.40 bits per heavy atom. The van der Waals surface area contributed by atoms with Crippen LogP contribution in [0.4, 0.5) is 0 Å². The Bertz CT molecular complexity index is 182. The Kier molecular flexibility index (Phi) is 2.10. The molecule has 0 saturated heterocycles. The number of carbonyl (C=O) groups excluding carboxylic acids is 1. The molecule has 0 bridgehead atoms. The second kappa shape index (κ2) is 2.86. The number of hydrogen-bond donors (Lipinski definition) is 1. The zero-order valence-electron chi connectivity index (χ0n) is 6.24. The zero-order valence-corrected chi connectivity index (χ0v) is 6.24. The van der Waals surface area contributed by atoms with Crippen molar-refractivity contribution in [2.24, 2.45) is 0 Å². The van der Waals surface area contributed by atoms with Crippen LogP contribution in [0.25, 0.3) is 0 Å². The van der Waals surface area contributed by atoms with Crippen molar-refractivity contribution in [3.63, 3.8) is 0 Å². The maximum absolute atomic E-state index is 11.1. The molecule has 2 nitrogen and oxygen atoms in total. The second-order valence-corrected chi connectivity index (χ2v) is 2.45. The van der Waals surface area contributed by atoms with E-state index < -0.39 is 0 Å². The number of ketones is 1. The van der Waals surface area contributed by atoms with E-state index in [1.165, 1.54) is 0 Å². The zero-order chi connectivity index (χ0) is 7.56. The molecule has 55 valence electrons. The van der Waals surface area contributed by atoms with Crippen LogP contribution in [0.2, 0.25) is 0 Å². The molecule has 0 saturated carbocycles. The molecular weight excluding hydrogens is 126 g/mol. The highest BCUT2D eigenvalue weighted by atomic mass is 16.1. The summed E-state index contributed by atoms with van der Waals surface area (Å²) >= 11 is 0. The van der Waals surface area contributed by atoms with Gasteiger partial charge in [-0.2, -0.15) is 0 Å². The summed E-state index contributed by atoms with van der Waals surface area (Å²) in [6.07, 6.45) is 1.24. The van der Waals surface area contributed by atoms with E-state index in [9.17, 15) is 4.79 Å². The highest BCUT2D eigenvalue weighted by molar-refractivity contribution is 5.96.